The normalized spacial score (nSPS) is 17.6. The predicted octanol–water partition coefficient (Wildman–Crippen LogP) is 4.18. The van der Waals surface area contributed by atoms with Gasteiger partial charge in [0, 0.05) is 15.6 Å². The van der Waals surface area contributed by atoms with Crippen LogP contribution in [-0.2, 0) is 11.2 Å². The highest BCUT2D eigenvalue weighted by molar-refractivity contribution is 14.1. The molecule has 0 amide bonds. The van der Waals surface area contributed by atoms with E-state index < -0.39 is 0 Å². The van der Waals surface area contributed by atoms with E-state index in [9.17, 15) is 4.79 Å². The third-order valence-electron chi connectivity index (χ3n) is 3.61. The molecule has 0 aliphatic carbocycles. The minimum Gasteiger partial charge on any atom is -0.373 e. The number of carbonyl (C=O) groups is 1. The summed E-state index contributed by atoms with van der Waals surface area (Å²) in [7, 11) is 0. The van der Waals surface area contributed by atoms with Gasteiger partial charge in [-0.3, -0.25) is 4.79 Å². The molecule has 1 aliphatic rings. The Balaban J connectivity index is 1.81. The minimum atomic E-state index is -0.106. The Morgan fingerprint density at radius 2 is 2.05 bits per heavy atom. The molecule has 0 saturated carbocycles. The summed E-state index contributed by atoms with van der Waals surface area (Å²) in [4.78, 5) is 12.4. The molecule has 102 valence electrons. The Hall–Kier alpha value is -1.20. The van der Waals surface area contributed by atoms with Gasteiger partial charge in [-0.25, -0.2) is 0 Å². The van der Waals surface area contributed by atoms with E-state index in [2.05, 4.69) is 34.7 Å². The molecule has 2 nitrogen and oxygen atoms in total. The lowest BCUT2D eigenvalue weighted by Crippen LogP contribution is -2.19. The molecular weight excluding hydrogens is 363 g/mol. The average molecular weight is 378 g/mol. The van der Waals surface area contributed by atoms with Crippen LogP contribution in [0.2, 0.25) is 0 Å². The lowest BCUT2D eigenvalue weighted by atomic mass is 9.93. The zero-order chi connectivity index (χ0) is 13.9. The van der Waals surface area contributed by atoms with Crippen molar-refractivity contribution in [3.63, 3.8) is 0 Å². The van der Waals surface area contributed by atoms with E-state index in [1.807, 2.05) is 36.4 Å². The molecule has 0 radical (unpaired) electrons. The third kappa shape index (κ3) is 2.94. The monoisotopic (exact) mass is 378 g/mol. The maximum absolute atomic E-state index is 12.4. The fraction of sp³-hybridized carbons (Fsp3) is 0.235. The molecule has 1 atom stereocenters. The van der Waals surface area contributed by atoms with E-state index in [4.69, 9.17) is 4.74 Å². The molecule has 20 heavy (non-hydrogen) atoms. The van der Waals surface area contributed by atoms with E-state index in [-0.39, 0.29) is 11.9 Å². The quantitative estimate of drug-likeness (QED) is 0.592. The van der Waals surface area contributed by atoms with E-state index in [0.29, 0.717) is 13.0 Å². The van der Waals surface area contributed by atoms with Crippen LogP contribution in [0.1, 0.15) is 34.0 Å². The van der Waals surface area contributed by atoms with Gasteiger partial charge in [0.1, 0.15) is 0 Å². The van der Waals surface area contributed by atoms with Gasteiger partial charge >= 0.3 is 0 Å². The maximum atomic E-state index is 12.4. The fourth-order valence-electron chi connectivity index (χ4n) is 2.59. The number of ketones is 1. The van der Waals surface area contributed by atoms with Crippen molar-refractivity contribution in [3.05, 3.63) is 68.8 Å². The topological polar surface area (TPSA) is 26.3 Å². The molecule has 0 aromatic heterocycles. The van der Waals surface area contributed by atoms with Crippen molar-refractivity contribution in [2.24, 2.45) is 0 Å². The van der Waals surface area contributed by atoms with Gasteiger partial charge in [0.2, 0.25) is 0 Å². The number of fused-ring (bicyclic) bond motifs is 1. The summed E-state index contributed by atoms with van der Waals surface area (Å²) in [6.45, 7) is 0.696. The maximum Gasteiger partial charge on any atom is 0.165 e. The lowest BCUT2D eigenvalue weighted by molar-refractivity contribution is 0.0352. The molecule has 0 bridgehead atoms. The van der Waals surface area contributed by atoms with Gasteiger partial charge in [-0.05, 0) is 52.3 Å². The van der Waals surface area contributed by atoms with Gasteiger partial charge in [0.25, 0.3) is 0 Å². The smallest absolute Gasteiger partial charge is 0.165 e. The van der Waals surface area contributed by atoms with Crippen LogP contribution >= 0.6 is 22.6 Å². The Bertz CT molecular complexity index is 636. The van der Waals surface area contributed by atoms with Crippen molar-refractivity contribution in [1.82, 2.24) is 0 Å². The molecule has 2 aromatic carbocycles. The highest BCUT2D eigenvalue weighted by Crippen LogP contribution is 2.30. The number of hydrogen-bond donors (Lipinski definition) is 0. The molecule has 1 aliphatic heterocycles. The van der Waals surface area contributed by atoms with Crippen LogP contribution in [0.15, 0.2) is 48.5 Å². The van der Waals surface area contributed by atoms with Gasteiger partial charge in [-0.2, -0.15) is 0 Å². The number of halogens is 1. The number of Topliss-reactive ketones (excluding diaryl/α,β-unsaturated/α-hetero) is 1. The number of benzene rings is 2. The Labute approximate surface area is 132 Å². The highest BCUT2D eigenvalue weighted by atomic mass is 127. The molecule has 2 aromatic rings. The van der Waals surface area contributed by atoms with Crippen molar-refractivity contribution >= 4 is 28.4 Å². The van der Waals surface area contributed by atoms with Crippen LogP contribution < -0.4 is 0 Å². The van der Waals surface area contributed by atoms with Crippen molar-refractivity contribution in [2.75, 3.05) is 6.61 Å². The molecule has 3 heteroatoms. The van der Waals surface area contributed by atoms with Gasteiger partial charge in [-0.1, -0.05) is 36.4 Å². The highest BCUT2D eigenvalue weighted by Gasteiger charge is 2.23. The predicted molar refractivity (Wildman–Crippen MR) is 86.9 cm³/mol. The van der Waals surface area contributed by atoms with Crippen LogP contribution in [0.3, 0.4) is 0 Å². The summed E-state index contributed by atoms with van der Waals surface area (Å²) >= 11 is 2.23. The summed E-state index contributed by atoms with van der Waals surface area (Å²) in [5, 5.41) is 0. The zero-order valence-corrected chi connectivity index (χ0v) is 13.2. The van der Waals surface area contributed by atoms with E-state index in [1.54, 1.807) is 0 Å². The first kappa shape index (κ1) is 13.8. The second-order valence-corrected chi connectivity index (χ2v) is 6.19. The lowest BCUT2D eigenvalue weighted by Gasteiger charge is -2.25. The molecule has 1 unspecified atom stereocenters. The van der Waals surface area contributed by atoms with Crippen LogP contribution in [0.25, 0.3) is 0 Å². The summed E-state index contributed by atoms with van der Waals surface area (Å²) in [5.41, 5.74) is 3.24. The fourth-order valence-corrected chi connectivity index (χ4v) is 3.14. The first-order valence-electron chi connectivity index (χ1n) is 6.72. The second kappa shape index (κ2) is 6.06. The van der Waals surface area contributed by atoms with E-state index in [0.717, 1.165) is 21.1 Å². The summed E-state index contributed by atoms with van der Waals surface area (Å²) in [6.07, 6.45) is 1.24. The van der Waals surface area contributed by atoms with Crippen molar-refractivity contribution in [3.8, 4) is 0 Å². The van der Waals surface area contributed by atoms with Crippen molar-refractivity contribution in [2.45, 2.75) is 18.9 Å². The van der Waals surface area contributed by atoms with Crippen LogP contribution in [0, 0.1) is 3.57 Å². The first-order chi connectivity index (χ1) is 9.74. The molecule has 0 fully saturated rings. The van der Waals surface area contributed by atoms with Crippen molar-refractivity contribution in [1.29, 1.82) is 0 Å². The number of hydrogen-bond acceptors (Lipinski definition) is 2. The zero-order valence-electron chi connectivity index (χ0n) is 11.0. The Morgan fingerprint density at radius 1 is 1.20 bits per heavy atom. The summed E-state index contributed by atoms with van der Waals surface area (Å²) in [5.74, 6) is 0.144. The van der Waals surface area contributed by atoms with Crippen LogP contribution in [-0.4, -0.2) is 12.4 Å². The van der Waals surface area contributed by atoms with Crippen molar-refractivity contribution < 1.29 is 9.53 Å². The van der Waals surface area contributed by atoms with Crippen LogP contribution in [0.4, 0.5) is 0 Å². The second-order valence-electron chi connectivity index (χ2n) is 4.95. The molecule has 3 rings (SSSR count). The number of carbonyl (C=O) groups excluding carboxylic acids is 1. The molecular formula is C17H15IO2. The summed E-state index contributed by atoms with van der Waals surface area (Å²) in [6, 6.07) is 16.0. The SMILES string of the molecule is O=C(CC1OCCc2ccccc21)c1cccc(I)c1. The van der Waals surface area contributed by atoms with Gasteiger partial charge in [0.05, 0.1) is 12.7 Å². The van der Waals surface area contributed by atoms with Gasteiger partial charge < -0.3 is 4.74 Å². The number of ether oxygens (including phenoxy) is 1. The van der Waals surface area contributed by atoms with Gasteiger partial charge in [0.15, 0.2) is 5.78 Å². The first-order valence-corrected chi connectivity index (χ1v) is 7.80. The average Bonchev–Trinajstić information content (AvgIpc) is 2.47. The standard InChI is InChI=1S/C17H15IO2/c18-14-6-3-5-13(10-14)16(19)11-17-15-7-2-1-4-12(15)8-9-20-17/h1-7,10,17H,8-9,11H2. The summed E-state index contributed by atoms with van der Waals surface area (Å²) < 4.78 is 6.89. The third-order valence-corrected chi connectivity index (χ3v) is 4.28. The molecule has 1 heterocycles. The minimum absolute atomic E-state index is 0.106. The van der Waals surface area contributed by atoms with E-state index >= 15 is 0 Å². The molecule has 0 saturated heterocycles. The largest absolute Gasteiger partial charge is 0.373 e. The Kier molecular flexibility index (Phi) is 4.17. The number of rotatable bonds is 3. The van der Waals surface area contributed by atoms with E-state index in [1.165, 1.54) is 5.56 Å². The van der Waals surface area contributed by atoms with Gasteiger partial charge in [-0.15, -0.1) is 0 Å². The molecule has 0 spiro atoms. The molecule has 0 N–H and O–H groups in total. The Morgan fingerprint density at radius 3 is 2.90 bits per heavy atom. The van der Waals surface area contributed by atoms with Crippen LogP contribution in [0.5, 0.6) is 0 Å².